The summed E-state index contributed by atoms with van der Waals surface area (Å²) in [6.45, 7) is 0.288. The molecule has 0 aliphatic heterocycles. The quantitative estimate of drug-likeness (QED) is 0.0779. The third-order valence-corrected chi connectivity index (χ3v) is 7.25. The number of amides is 3. The van der Waals surface area contributed by atoms with Gasteiger partial charge in [-0.1, -0.05) is 12.1 Å². The fraction of sp³-hybridized carbons (Fsp3) is 0.323. The number of nitrogens with zero attached hydrogens (tertiary/aromatic N) is 1. The molecule has 11 N–H and O–H groups in total. The predicted molar refractivity (Wildman–Crippen MR) is 174 cm³/mol. The number of nitrogens with two attached hydrogens (primary N) is 1. The highest BCUT2D eigenvalue weighted by Gasteiger charge is 2.30. The molecule has 1 heterocycles. The van der Waals surface area contributed by atoms with E-state index in [0.717, 1.165) is 5.56 Å². The van der Waals surface area contributed by atoms with Crippen LogP contribution in [-0.2, 0) is 35.3 Å². The molecule has 0 spiro atoms. The maximum Gasteiger partial charge on any atom is 0.326 e. The van der Waals surface area contributed by atoms with Crippen LogP contribution in [0.5, 0.6) is 0 Å². The van der Waals surface area contributed by atoms with E-state index >= 15 is 0 Å². The SMILES string of the molecule is Nc1nc2ccc(NCc3ccc(C(=O)N[C@@H](CCC(=O)O)C(=O)N[C@@H](CCC(=O)O)C(=O)N[C@@H](CCC(=O)O)C(=O)O)cc3)cc2c(=O)[nH]1. The molecule has 0 saturated heterocycles. The number of aromatic nitrogens is 2. The van der Waals surface area contributed by atoms with Crippen LogP contribution in [0.1, 0.15) is 54.4 Å². The zero-order valence-electron chi connectivity index (χ0n) is 26.3. The van der Waals surface area contributed by atoms with Gasteiger partial charge in [-0.15, -0.1) is 0 Å². The third kappa shape index (κ3) is 11.6. The van der Waals surface area contributed by atoms with Crippen LogP contribution in [0.2, 0.25) is 0 Å². The number of aromatic amines is 1. The molecule has 19 heteroatoms. The van der Waals surface area contributed by atoms with Gasteiger partial charge < -0.3 is 47.4 Å². The summed E-state index contributed by atoms with van der Waals surface area (Å²) in [7, 11) is 0. The molecule has 0 unspecified atom stereocenters. The van der Waals surface area contributed by atoms with Crippen LogP contribution in [0, 0.1) is 0 Å². The van der Waals surface area contributed by atoms with Crippen molar-refractivity contribution in [3.05, 3.63) is 63.9 Å². The minimum absolute atomic E-state index is 0.00842. The summed E-state index contributed by atoms with van der Waals surface area (Å²) in [5, 5.41) is 46.7. The van der Waals surface area contributed by atoms with E-state index in [1.54, 1.807) is 30.3 Å². The molecule has 1 aromatic heterocycles. The number of hydrogen-bond acceptors (Lipinski definition) is 11. The smallest absolute Gasteiger partial charge is 0.326 e. The Hall–Kier alpha value is -6.53. The van der Waals surface area contributed by atoms with E-state index in [1.807, 2.05) is 0 Å². The first-order valence-corrected chi connectivity index (χ1v) is 15.0. The monoisotopic (exact) mass is 697 g/mol. The number of nitrogens with one attached hydrogen (secondary N) is 5. The molecule has 266 valence electrons. The fourth-order valence-corrected chi connectivity index (χ4v) is 4.63. The maximum atomic E-state index is 13.2. The number of carboxylic acid groups (broad SMARTS) is 4. The molecule has 0 saturated carbocycles. The van der Waals surface area contributed by atoms with E-state index in [4.69, 9.17) is 15.9 Å². The summed E-state index contributed by atoms with van der Waals surface area (Å²) in [5.74, 6) is -8.49. The van der Waals surface area contributed by atoms with Gasteiger partial charge in [0.2, 0.25) is 17.8 Å². The number of fused-ring (bicyclic) bond motifs is 1. The van der Waals surface area contributed by atoms with E-state index in [-0.39, 0.29) is 18.1 Å². The molecular weight excluding hydrogens is 662 g/mol. The summed E-state index contributed by atoms with van der Waals surface area (Å²) < 4.78 is 0. The number of anilines is 2. The highest BCUT2D eigenvalue weighted by Crippen LogP contribution is 2.16. The number of benzene rings is 2. The molecule has 3 amide bonds. The zero-order valence-corrected chi connectivity index (χ0v) is 26.3. The first-order chi connectivity index (χ1) is 23.6. The van der Waals surface area contributed by atoms with Gasteiger partial charge in [-0.2, -0.15) is 0 Å². The van der Waals surface area contributed by atoms with Gasteiger partial charge in [-0.05, 0) is 55.2 Å². The Morgan fingerprint density at radius 3 is 1.78 bits per heavy atom. The Morgan fingerprint density at radius 2 is 1.24 bits per heavy atom. The molecule has 3 atom stereocenters. The van der Waals surface area contributed by atoms with E-state index in [2.05, 4.69) is 31.2 Å². The molecule has 0 bridgehead atoms. The predicted octanol–water partition coefficient (Wildman–Crippen LogP) is -0.136. The van der Waals surface area contributed by atoms with Crippen molar-refractivity contribution < 1.29 is 54.0 Å². The summed E-state index contributed by atoms with van der Waals surface area (Å²) in [6, 6.07) is 6.24. The van der Waals surface area contributed by atoms with Crippen LogP contribution >= 0.6 is 0 Å². The second kappa shape index (κ2) is 17.6. The lowest BCUT2D eigenvalue weighted by atomic mass is 10.1. The van der Waals surface area contributed by atoms with Gasteiger partial charge >= 0.3 is 23.9 Å². The minimum atomic E-state index is -1.67. The van der Waals surface area contributed by atoms with Gasteiger partial charge in [0.15, 0.2) is 0 Å². The molecule has 3 rings (SSSR count). The van der Waals surface area contributed by atoms with Gasteiger partial charge in [0, 0.05) is 37.1 Å². The number of nitrogen functional groups attached to an aromatic ring is 1. The lowest BCUT2D eigenvalue weighted by Crippen LogP contribution is -2.56. The highest BCUT2D eigenvalue weighted by atomic mass is 16.4. The maximum absolute atomic E-state index is 13.2. The normalized spacial score (nSPS) is 12.6. The van der Waals surface area contributed by atoms with Gasteiger partial charge in [0.25, 0.3) is 11.5 Å². The van der Waals surface area contributed by atoms with Crippen molar-refractivity contribution in [2.24, 2.45) is 0 Å². The number of carbonyl (C=O) groups excluding carboxylic acids is 3. The molecule has 0 aliphatic rings. The van der Waals surface area contributed by atoms with Crippen molar-refractivity contribution >= 4 is 64.1 Å². The van der Waals surface area contributed by atoms with Crippen molar-refractivity contribution in [3.63, 3.8) is 0 Å². The Labute approximate surface area is 282 Å². The van der Waals surface area contributed by atoms with E-state index in [9.17, 15) is 48.6 Å². The Kier molecular flexibility index (Phi) is 13.3. The lowest BCUT2D eigenvalue weighted by molar-refractivity contribution is -0.144. The molecule has 0 fully saturated rings. The number of H-pyrrole nitrogens is 1. The summed E-state index contributed by atoms with van der Waals surface area (Å²) in [6.07, 6.45) is -3.24. The highest BCUT2D eigenvalue weighted by molar-refractivity contribution is 5.99. The molecule has 2 aromatic carbocycles. The van der Waals surface area contributed by atoms with Crippen molar-refractivity contribution in [1.82, 2.24) is 25.9 Å². The van der Waals surface area contributed by atoms with Gasteiger partial charge in [-0.25, -0.2) is 9.78 Å². The van der Waals surface area contributed by atoms with Crippen molar-refractivity contribution in [2.45, 2.75) is 63.2 Å². The van der Waals surface area contributed by atoms with Crippen LogP contribution in [-0.4, -0.2) is 90.1 Å². The zero-order chi connectivity index (χ0) is 37.0. The summed E-state index contributed by atoms with van der Waals surface area (Å²) in [4.78, 5) is 103. The average molecular weight is 698 g/mol. The van der Waals surface area contributed by atoms with E-state index in [1.165, 1.54) is 12.1 Å². The van der Waals surface area contributed by atoms with Crippen LogP contribution in [0.15, 0.2) is 47.3 Å². The summed E-state index contributed by atoms with van der Waals surface area (Å²) >= 11 is 0. The molecule has 3 aromatic rings. The fourth-order valence-electron chi connectivity index (χ4n) is 4.63. The average Bonchev–Trinajstić information content (AvgIpc) is 3.05. The second-order valence-electron chi connectivity index (χ2n) is 11.0. The number of rotatable bonds is 19. The Morgan fingerprint density at radius 1 is 0.720 bits per heavy atom. The van der Waals surface area contributed by atoms with Gasteiger partial charge in [0.1, 0.15) is 18.1 Å². The molecule has 19 nitrogen and oxygen atoms in total. The topological polar surface area (TPSA) is 320 Å². The molecule has 50 heavy (non-hydrogen) atoms. The summed E-state index contributed by atoms with van der Waals surface area (Å²) in [5.41, 5.74) is 7.01. The molecule has 0 aliphatic carbocycles. The van der Waals surface area contributed by atoms with Crippen LogP contribution in [0.3, 0.4) is 0 Å². The Bertz CT molecular complexity index is 1830. The van der Waals surface area contributed by atoms with Crippen molar-refractivity contribution in [1.29, 1.82) is 0 Å². The van der Waals surface area contributed by atoms with E-state index in [0.29, 0.717) is 16.6 Å². The third-order valence-electron chi connectivity index (χ3n) is 7.25. The van der Waals surface area contributed by atoms with E-state index < -0.39 is 104 Å². The Balaban J connectivity index is 1.70. The number of carboxylic acids is 4. The van der Waals surface area contributed by atoms with Crippen molar-refractivity contribution in [3.8, 4) is 0 Å². The second-order valence-corrected chi connectivity index (χ2v) is 11.0. The van der Waals surface area contributed by atoms with Crippen LogP contribution < -0.4 is 32.6 Å². The number of hydrogen-bond donors (Lipinski definition) is 10. The van der Waals surface area contributed by atoms with Gasteiger partial charge in [0.05, 0.1) is 10.9 Å². The van der Waals surface area contributed by atoms with Gasteiger partial charge in [-0.3, -0.25) is 38.5 Å². The molecular formula is C31H35N7O12. The van der Waals surface area contributed by atoms with Crippen LogP contribution in [0.25, 0.3) is 10.9 Å². The minimum Gasteiger partial charge on any atom is -0.481 e. The first-order valence-electron chi connectivity index (χ1n) is 15.0. The molecule has 0 radical (unpaired) electrons. The number of aliphatic carboxylic acids is 4. The van der Waals surface area contributed by atoms with Crippen molar-refractivity contribution in [2.75, 3.05) is 11.1 Å². The first kappa shape index (κ1) is 37.9. The standard InChI is InChI=1S/C31H35N7O12/c32-31-37-19-6-5-17(13-18(19)27(46)38-31)33-14-15-1-3-16(4-2-15)26(45)34-20(7-10-23(39)40)28(47)35-21(8-11-24(41)42)29(48)36-22(30(49)50)9-12-25(43)44/h1-6,13,20-22,33H,7-12,14H2,(H,34,45)(H,35,47)(H,36,48)(H,39,40)(H,41,42)(H,43,44)(H,49,50)(H3,32,37,38,46)/t20-,21-,22-/m0/s1. The number of carbonyl (C=O) groups is 7. The van der Waals surface area contributed by atoms with Crippen LogP contribution in [0.4, 0.5) is 11.6 Å². The largest absolute Gasteiger partial charge is 0.481 e. The lowest BCUT2D eigenvalue weighted by Gasteiger charge is -2.24.